The number of aryl methyl sites for hydroxylation is 3. The lowest BCUT2D eigenvalue weighted by Gasteiger charge is -2.14. The van der Waals surface area contributed by atoms with Crippen LogP contribution in [0.15, 0.2) is 65.6 Å². The van der Waals surface area contributed by atoms with Gasteiger partial charge in [0, 0.05) is 5.56 Å². The summed E-state index contributed by atoms with van der Waals surface area (Å²) in [6.07, 6.45) is 0. The Hall–Kier alpha value is -2.83. The minimum absolute atomic E-state index is 0.0465. The third-order valence-electron chi connectivity index (χ3n) is 4.50. The molecule has 29 heavy (non-hydrogen) atoms. The zero-order chi connectivity index (χ0) is 21.2. The summed E-state index contributed by atoms with van der Waals surface area (Å²) in [6, 6.07) is 17.0. The number of sulfonamides is 1. The molecule has 0 saturated carbocycles. The molecule has 3 aromatic rings. The van der Waals surface area contributed by atoms with Gasteiger partial charge in [-0.25, -0.2) is 8.42 Å². The van der Waals surface area contributed by atoms with Crippen molar-refractivity contribution in [3.8, 4) is 0 Å². The van der Waals surface area contributed by atoms with Gasteiger partial charge in [-0.2, -0.15) is 0 Å². The second-order valence-electron chi connectivity index (χ2n) is 6.84. The smallest absolute Gasteiger partial charge is 0.262 e. The van der Waals surface area contributed by atoms with Crippen molar-refractivity contribution in [3.63, 3.8) is 0 Å². The topological polar surface area (TPSA) is 75.3 Å². The van der Waals surface area contributed by atoms with Gasteiger partial charge in [-0.3, -0.25) is 9.52 Å². The van der Waals surface area contributed by atoms with Gasteiger partial charge in [-0.15, -0.1) is 0 Å². The van der Waals surface area contributed by atoms with E-state index < -0.39 is 15.9 Å². The average Bonchev–Trinajstić information content (AvgIpc) is 2.66. The lowest BCUT2D eigenvalue weighted by atomic mass is 10.1. The SMILES string of the molecule is Cc1ccc(C)c(NS(=O)(=O)c2cc(C(=O)Nc3ccccc3Cl)ccc2C)c1. The maximum atomic E-state index is 13.0. The van der Waals surface area contributed by atoms with Crippen molar-refractivity contribution in [1.29, 1.82) is 0 Å². The van der Waals surface area contributed by atoms with Crippen LogP contribution in [0.1, 0.15) is 27.0 Å². The number of carbonyl (C=O) groups is 1. The molecule has 0 radical (unpaired) electrons. The fourth-order valence-corrected chi connectivity index (χ4v) is 4.41. The van der Waals surface area contributed by atoms with Crippen molar-refractivity contribution in [3.05, 3.63) is 87.9 Å². The molecule has 0 spiro atoms. The van der Waals surface area contributed by atoms with E-state index in [9.17, 15) is 13.2 Å². The van der Waals surface area contributed by atoms with Gasteiger partial charge < -0.3 is 5.32 Å². The monoisotopic (exact) mass is 428 g/mol. The van der Waals surface area contributed by atoms with Crippen LogP contribution in [0.4, 0.5) is 11.4 Å². The van der Waals surface area contributed by atoms with E-state index in [-0.39, 0.29) is 10.5 Å². The molecule has 1 amide bonds. The van der Waals surface area contributed by atoms with E-state index in [0.717, 1.165) is 11.1 Å². The van der Waals surface area contributed by atoms with Crippen LogP contribution in [0.25, 0.3) is 0 Å². The summed E-state index contributed by atoms with van der Waals surface area (Å²) in [5.74, 6) is -0.443. The number of nitrogens with one attached hydrogen (secondary N) is 2. The molecule has 0 bridgehead atoms. The van der Waals surface area contributed by atoms with Crippen LogP contribution in [-0.2, 0) is 10.0 Å². The van der Waals surface area contributed by atoms with E-state index in [4.69, 9.17) is 11.6 Å². The van der Waals surface area contributed by atoms with E-state index in [2.05, 4.69) is 10.0 Å². The first-order valence-electron chi connectivity index (χ1n) is 8.94. The molecule has 3 aromatic carbocycles. The number of hydrogen-bond donors (Lipinski definition) is 2. The third kappa shape index (κ3) is 4.78. The van der Waals surface area contributed by atoms with Crippen LogP contribution in [0.3, 0.4) is 0 Å². The van der Waals surface area contributed by atoms with Gasteiger partial charge in [-0.05, 0) is 67.8 Å². The first-order valence-corrected chi connectivity index (χ1v) is 10.8. The number of amides is 1. The molecule has 0 aromatic heterocycles. The van der Waals surface area contributed by atoms with E-state index in [1.54, 1.807) is 49.4 Å². The summed E-state index contributed by atoms with van der Waals surface area (Å²) < 4.78 is 28.6. The van der Waals surface area contributed by atoms with Crippen LogP contribution in [0.5, 0.6) is 0 Å². The van der Waals surface area contributed by atoms with Crippen molar-refractivity contribution in [2.45, 2.75) is 25.7 Å². The maximum Gasteiger partial charge on any atom is 0.262 e. The van der Waals surface area contributed by atoms with Crippen LogP contribution in [0, 0.1) is 20.8 Å². The molecule has 3 rings (SSSR count). The van der Waals surface area contributed by atoms with Crippen LogP contribution >= 0.6 is 11.6 Å². The highest BCUT2D eigenvalue weighted by Gasteiger charge is 2.20. The molecule has 7 heteroatoms. The predicted molar refractivity (Wildman–Crippen MR) is 117 cm³/mol. The van der Waals surface area contributed by atoms with E-state index in [1.165, 1.54) is 6.07 Å². The lowest BCUT2D eigenvalue weighted by Crippen LogP contribution is -2.17. The average molecular weight is 429 g/mol. The molecular formula is C22H21ClN2O3S. The molecule has 0 aliphatic rings. The number of benzene rings is 3. The molecule has 2 N–H and O–H groups in total. The molecule has 150 valence electrons. The van der Waals surface area contributed by atoms with Gasteiger partial charge >= 0.3 is 0 Å². The van der Waals surface area contributed by atoms with Crippen molar-refractivity contribution in [2.75, 3.05) is 10.0 Å². The van der Waals surface area contributed by atoms with Crippen molar-refractivity contribution < 1.29 is 13.2 Å². The maximum absolute atomic E-state index is 13.0. The van der Waals surface area contributed by atoms with Crippen LogP contribution in [-0.4, -0.2) is 14.3 Å². The molecule has 0 unspecified atom stereocenters. The molecule has 0 aliphatic heterocycles. The number of rotatable bonds is 5. The molecule has 0 saturated heterocycles. The molecule has 0 fully saturated rings. The predicted octanol–water partition coefficient (Wildman–Crippen LogP) is 5.32. The first-order chi connectivity index (χ1) is 13.7. The molecule has 5 nitrogen and oxygen atoms in total. The summed E-state index contributed by atoms with van der Waals surface area (Å²) in [6.45, 7) is 5.41. The highest BCUT2D eigenvalue weighted by atomic mass is 35.5. The van der Waals surface area contributed by atoms with Gasteiger partial charge in [-0.1, -0.05) is 41.9 Å². The van der Waals surface area contributed by atoms with Crippen molar-refractivity contribution in [1.82, 2.24) is 0 Å². The van der Waals surface area contributed by atoms with Gasteiger partial charge in [0.15, 0.2) is 0 Å². The Balaban J connectivity index is 1.93. The second kappa shape index (κ2) is 8.27. The minimum atomic E-state index is -3.88. The molecule has 0 heterocycles. The molecule has 0 aliphatic carbocycles. The van der Waals surface area contributed by atoms with E-state index in [0.29, 0.717) is 22.0 Å². The summed E-state index contributed by atoms with van der Waals surface area (Å²) in [5.41, 5.74) is 3.48. The largest absolute Gasteiger partial charge is 0.321 e. The van der Waals surface area contributed by atoms with Crippen molar-refractivity contribution >= 4 is 38.9 Å². The fraction of sp³-hybridized carbons (Fsp3) is 0.136. The second-order valence-corrected chi connectivity index (χ2v) is 8.90. The Morgan fingerprint density at radius 1 is 0.862 bits per heavy atom. The van der Waals surface area contributed by atoms with Gasteiger partial charge in [0.2, 0.25) is 0 Å². The van der Waals surface area contributed by atoms with Gasteiger partial charge in [0.1, 0.15) is 0 Å². The van der Waals surface area contributed by atoms with Gasteiger partial charge in [0.05, 0.1) is 21.3 Å². The number of para-hydroxylation sites is 1. The first kappa shape index (κ1) is 20.9. The third-order valence-corrected chi connectivity index (χ3v) is 6.34. The quantitative estimate of drug-likeness (QED) is 0.577. The van der Waals surface area contributed by atoms with Crippen LogP contribution in [0.2, 0.25) is 5.02 Å². The highest BCUT2D eigenvalue weighted by molar-refractivity contribution is 7.92. The van der Waals surface area contributed by atoms with Crippen molar-refractivity contribution in [2.24, 2.45) is 0 Å². The van der Waals surface area contributed by atoms with E-state index in [1.807, 2.05) is 26.0 Å². The Kier molecular flexibility index (Phi) is 5.96. The Labute approximate surface area is 175 Å². The summed E-state index contributed by atoms with van der Waals surface area (Å²) in [7, 11) is -3.88. The Morgan fingerprint density at radius 3 is 2.28 bits per heavy atom. The zero-order valence-corrected chi connectivity index (χ0v) is 17.9. The number of anilines is 2. The summed E-state index contributed by atoms with van der Waals surface area (Å²) in [4.78, 5) is 12.7. The number of hydrogen-bond acceptors (Lipinski definition) is 3. The Morgan fingerprint density at radius 2 is 1.55 bits per heavy atom. The standard InChI is InChI=1S/C22H21ClN2O3S/c1-14-8-9-15(2)20(12-14)25-29(27,28)21-13-17(11-10-16(21)3)22(26)24-19-7-5-4-6-18(19)23/h4-13,25H,1-3H3,(H,24,26). The Bertz CT molecular complexity index is 1190. The summed E-state index contributed by atoms with van der Waals surface area (Å²) >= 11 is 6.08. The lowest BCUT2D eigenvalue weighted by molar-refractivity contribution is 0.102. The zero-order valence-electron chi connectivity index (χ0n) is 16.3. The van der Waals surface area contributed by atoms with E-state index >= 15 is 0 Å². The summed E-state index contributed by atoms with van der Waals surface area (Å²) in [5, 5.41) is 3.11. The fourth-order valence-electron chi connectivity index (χ4n) is 2.83. The normalized spacial score (nSPS) is 11.2. The number of halogens is 1. The number of carbonyl (C=O) groups excluding carboxylic acids is 1. The molecular weight excluding hydrogens is 408 g/mol. The van der Waals surface area contributed by atoms with Crippen LogP contribution < -0.4 is 10.0 Å². The molecule has 0 atom stereocenters. The van der Waals surface area contributed by atoms with Gasteiger partial charge in [0.25, 0.3) is 15.9 Å². The minimum Gasteiger partial charge on any atom is -0.321 e. The highest BCUT2D eigenvalue weighted by Crippen LogP contribution is 2.25.